The van der Waals surface area contributed by atoms with Crippen molar-refractivity contribution < 1.29 is 23.9 Å². The Bertz CT molecular complexity index is 196. The van der Waals surface area contributed by atoms with Crippen LogP contribution in [0.25, 0.3) is 0 Å². The van der Waals surface area contributed by atoms with Gasteiger partial charge in [-0.05, 0) is 13.3 Å². The number of carbonyl (C=O) groups excluding carboxylic acids is 1. The molecule has 0 aromatic carbocycles. The topological polar surface area (TPSA) is 83.8 Å². The van der Waals surface area contributed by atoms with Crippen LogP contribution in [-0.2, 0) is 14.1 Å². The van der Waals surface area contributed by atoms with Crippen molar-refractivity contribution in [1.29, 1.82) is 0 Å². The molecule has 0 aliphatic heterocycles. The van der Waals surface area contributed by atoms with Crippen LogP contribution in [0.2, 0.25) is 0 Å². The van der Waals surface area contributed by atoms with Crippen molar-refractivity contribution in [3.63, 3.8) is 0 Å². The van der Waals surface area contributed by atoms with Gasteiger partial charge in [0.25, 0.3) is 0 Å². The average Bonchev–Trinajstić information content (AvgIpc) is 1.85. The van der Waals surface area contributed by atoms with Crippen LogP contribution in [0.5, 0.6) is 0 Å². The highest BCUT2D eigenvalue weighted by atomic mass is 31.2. The number of rotatable bonds is 4. The zero-order valence-electron chi connectivity index (χ0n) is 7.06. The lowest BCUT2D eigenvalue weighted by molar-refractivity contribution is -0.143. The minimum atomic E-state index is -4.34. The van der Waals surface area contributed by atoms with Gasteiger partial charge in [-0.1, -0.05) is 6.92 Å². The van der Waals surface area contributed by atoms with Gasteiger partial charge in [-0.25, -0.2) is 0 Å². The highest BCUT2D eigenvalue weighted by Gasteiger charge is 2.34. The van der Waals surface area contributed by atoms with E-state index in [4.69, 9.17) is 9.79 Å². The number of ether oxygens (including phenoxy) is 1. The fraction of sp³-hybridized carbons (Fsp3) is 0.833. The third-order valence-corrected chi connectivity index (χ3v) is 2.74. The second-order valence-corrected chi connectivity index (χ2v) is 4.07. The zero-order chi connectivity index (χ0) is 9.78. The lowest BCUT2D eigenvalue weighted by atomic mass is 10.3. The first kappa shape index (κ1) is 11.6. The molecule has 2 N–H and O–H groups in total. The van der Waals surface area contributed by atoms with Gasteiger partial charge in [-0.3, -0.25) is 9.36 Å². The van der Waals surface area contributed by atoms with E-state index in [1.165, 1.54) is 6.92 Å². The van der Waals surface area contributed by atoms with E-state index in [1.54, 1.807) is 6.92 Å². The standard InChI is InChI=1S/C6H13O5P/c1-3-5(12(8,9)10)6(7)11-4-2/h5H,3-4H2,1-2H3,(H2,8,9,10). The Labute approximate surface area is 70.9 Å². The molecule has 0 radical (unpaired) electrons. The molecule has 0 heterocycles. The fourth-order valence-corrected chi connectivity index (χ4v) is 1.61. The van der Waals surface area contributed by atoms with Crippen molar-refractivity contribution in [2.45, 2.75) is 25.9 Å². The normalized spacial score (nSPS) is 14.0. The van der Waals surface area contributed by atoms with E-state index in [0.29, 0.717) is 0 Å². The number of hydrogen-bond donors (Lipinski definition) is 2. The summed E-state index contributed by atoms with van der Waals surface area (Å²) in [6.45, 7) is 3.25. The predicted octanol–water partition coefficient (Wildman–Crippen LogP) is 0.506. The Morgan fingerprint density at radius 2 is 2.00 bits per heavy atom. The van der Waals surface area contributed by atoms with E-state index in [-0.39, 0.29) is 13.0 Å². The molecule has 1 unspecified atom stereocenters. The summed E-state index contributed by atoms with van der Waals surface area (Å²) in [7, 11) is -4.34. The Balaban J connectivity index is 4.36. The molecule has 6 heteroatoms. The van der Waals surface area contributed by atoms with E-state index in [0.717, 1.165) is 0 Å². The van der Waals surface area contributed by atoms with Gasteiger partial charge in [0.15, 0.2) is 5.66 Å². The molecule has 1 atom stereocenters. The highest BCUT2D eigenvalue weighted by molar-refractivity contribution is 7.53. The summed E-state index contributed by atoms with van der Waals surface area (Å²) in [6, 6.07) is 0. The van der Waals surface area contributed by atoms with Crippen molar-refractivity contribution in [2.75, 3.05) is 6.61 Å². The molecular formula is C6H13O5P. The maximum absolute atomic E-state index is 10.9. The Kier molecular flexibility index (Phi) is 4.45. The molecule has 0 aliphatic rings. The Morgan fingerprint density at radius 1 is 1.50 bits per heavy atom. The molecule has 0 saturated heterocycles. The van der Waals surface area contributed by atoms with Gasteiger partial charge in [-0.15, -0.1) is 0 Å². The van der Waals surface area contributed by atoms with Crippen LogP contribution in [0.1, 0.15) is 20.3 Å². The number of esters is 1. The monoisotopic (exact) mass is 196 g/mol. The maximum Gasteiger partial charge on any atom is 0.339 e. The second-order valence-electron chi connectivity index (χ2n) is 2.27. The molecule has 0 aromatic rings. The fourth-order valence-electron chi connectivity index (χ4n) is 0.780. The summed E-state index contributed by atoms with van der Waals surface area (Å²) in [5, 5.41) is 0. The third-order valence-electron chi connectivity index (χ3n) is 1.35. The summed E-state index contributed by atoms with van der Waals surface area (Å²) in [5.74, 6) is -0.826. The number of hydrogen-bond acceptors (Lipinski definition) is 3. The van der Waals surface area contributed by atoms with Gasteiger partial charge in [0, 0.05) is 0 Å². The minimum absolute atomic E-state index is 0.0864. The molecule has 72 valence electrons. The van der Waals surface area contributed by atoms with Crippen LogP contribution in [0, 0.1) is 0 Å². The summed E-state index contributed by atoms with van der Waals surface area (Å²) in [6.07, 6.45) is 0.0864. The average molecular weight is 196 g/mol. The molecular weight excluding hydrogens is 183 g/mol. The highest BCUT2D eigenvalue weighted by Crippen LogP contribution is 2.43. The lowest BCUT2D eigenvalue weighted by Gasteiger charge is -2.14. The van der Waals surface area contributed by atoms with Crippen LogP contribution in [0.15, 0.2) is 0 Å². The van der Waals surface area contributed by atoms with Gasteiger partial charge in [0.2, 0.25) is 0 Å². The van der Waals surface area contributed by atoms with E-state index in [2.05, 4.69) is 4.74 Å². The van der Waals surface area contributed by atoms with Crippen LogP contribution in [0.4, 0.5) is 0 Å². The zero-order valence-corrected chi connectivity index (χ0v) is 7.95. The van der Waals surface area contributed by atoms with E-state index < -0.39 is 19.2 Å². The summed E-state index contributed by atoms with van der Waals surface area (Å²) in [5.41, 5.74) is -1.31. The molecule has 0 fully saturated rings. The Morgan fingerprint density at radius 3 is 2.25 bits per heavy atom. The van der Waals surface area contributed by atoms with Crippen LogP contribution < -0.4 is 0 Å². The Hall–Kier alpha value is -0.380. The van der Waals surface area contributed by atoms with Gasteiger partial charge in [-0.2, -0.15) is 0 Å². The first-order valence-electron chi connectivity index (χ1n) is 3.65. The summed E-state index contributed by atoms with van der Waals surface area (Å²) in [4.78, 5) is 28.3. The third kappa shape index (κ3) is 3.34. The van der Waals surface area contributed by atoms with Crippen molar-refractivity contribution in [3.05, 3.63) is 0 Å². The first-order valence-corrected chi connectivity index (χ1v) is 5.33. The van der Waals surface area contributed by atoms with Crippen LogP contribution >= 0.6 is 7.60 Å². The van der Waals surface area contributed by atoms with Crippen LogP contribution in [-0.4, -0.2) is 28.0 Å². The van der Waals surface area contributed by atoms with E-state index >= 15 is 0 Å². The van der Waals surface area contributed by atoms with Gasteiger partial charge < -0.3 is 14.5 Å². The largest absolute Gasteiger partial charge is 0.465 e. The second kappa shape index (κ2) is 4.60. The predicted molar refractivity (Wildman–Crippen MR) is 42.8 cm³/mol. The molecule has 5 nitrogen and oxygen atoms in total. The summed E-state index contributed by atoms with van der Waals surface area (Å²) >= 11 is 0. The van der Waals surface area contributed by atoms with Gasteiger partial charge in [0.05, 0.1) is 6.61 Å². The molecule has 0 aromatic heterocycles. The van der Waals surface area contributed by atoms with Crippen LogP contribution in [0.3, 0.4) is 0 Å². The van der Waals surface area contributed by atoms with Crippen molar-refractivity contribution in [3.8, 4) is 0 Å². The molecule has 0 spiro atoms. The quantitative estimate of drug-likeness (QED) is 0.505. The molecule has 0 bridgehead atoms. The molecule has 0 aliphatic carbocycles. The van der Waals surface area contributed by atoms with Gasteiger partial charge in [0.1, 0.15) is 0 Å². The summed E-state index contributed by atoms with van der Waals surface area (Å²) < 4.78 is 15.2. The minimum Gasteiger partial charge on any atom is -0.465 e. The maximum atomic E-state index is 10.9. The van der Waals surface area contributed by atoms with Crippen molar-refractivity contribution in [2.24, 2.45) is 0 Å². The molecule has 0 rings (SSSR count). The molecule has 0 saturated carbocycles. The van der Waals surface area contributed by atoms with Gasteiger partial charge >= 0.3 is 13.6 Å². The van der Waals surface area contributed by atoms with Crippen molar-refractivity contribution >= 4 is 13.6 Å². The number of carbonyl (C=O) groups is 1. The molecule has 12 heavy (non-hydrogen) atoms. The molecule has 0 amide bonds. The van der Waals surface area contributed by atoms with E-state index in [9.17, 15) is 9.36 Å². The first-order chi connectivity index (χ1) is 5.43. The van der Waals surface area contributed by atoms with Crippen molar-refractivity contribution in [1.82, 2.24) is 0 Å². The SMILES string of the molecule is CCOC(=O)C(CC)P(=O)(O)O. The van der Waals surface area contributed by atoms with E-state index in [1.807, 2.05) is 0 Å². The lowest BCUT2D eigenvalue weighted by Crippen LogP contribution is -2.22. The smallest absolute Gasteiger partial charge is 0.339 e.